The van der Waals surface area contributed by atoms with Gasteiger partial charge in [0.1, 0.15) is 0 Å². The summed E-state index contributed by atoms with van der Waals surface area (Å²) in [4.78, 5) is 11.8. The molecule has 86 valence electrons. The Kier molecular flexibility index (Phi) is 3.55. The molecule has 1 aromatic rings. The van der Waals surface area contributed by atoms with E-state index in [-0.39, 0.29) is 11.5 Å². The third-order valence-electron chi connectivity index (χ3n) is 2.60. The van der Waals surface area contributed by atoms with Crippen LogP contribution in [0, 0.1) is 0 Å². The summed E-state index contributed by atoms with van der Waals surface area (Å²) in [5.41, 5.74) is 1.15. The van der Waals surface area contributed by atoms with Gasteiger partial charge >= 0.3 is 0 Å². The van der Waals surface area contributed by atoms with Crippen molar-refractivity contribution in [3.63, 3.8) is 0 Å². The van der Waals surface area contributed by atoms with Gasteiger partial charge in [-0.1, -0.05) is 54.3 Å². The van der Waals surface area contributed by atoms with Crippen LogP contribution in [0.4, 0.5) is 0 Å². The first-order chi connectivity index (χ1) is 8.27. The number of carbonyl (C=O) groups is 1. The molecule has 1 aliphatic carbocycles. The fourth-order valence-corrected chi connectivity index (χ4v) is 1.68. The predicted octanol–water partition coefficient (Wildman–Crippen LogP) is 2.23. The summed E-state index contributed by atoms with van der Waals surface area (Å²) in [5, 5.41) is 11.8. The standard InChI is InChI=1S/C15H14O2/c16-14(12-7-3-1-4-8-12)11-15(17)13-9-5-2-6-10-13/h1,3-5,7-11,16H,2,6H2/p-1/b14-11-. The van der Waals surface area contributed by atoms with E-state index in [0.717, 1.165) is 18.9 Å². The highest BCUT2D eigenvalue weighted by Gasteiger charge is 2.05. The molecular formula is C15H13O2-. The molecule has 0 aliphatic heterocycles. The lowest BCUT2D eigenvalue weighted by Crippen LogP contribution is -2.07. The van der Waals surface area contributed by atoms with Crippen molar-refractivity contribution < 1.29 is 9.90 Å². The normalized spacial score (nSPS) is 15.5. The zero-order valence-corrected chi connectivity index (χ0v) is 9.43. The predicted molar refractivity (Wildman–Crippen MR) is 65.9 cm³/mol. The van der Waals surface area contributed by atoms with Gasteiger partial charge in [-0.25, -0.2) is 0 Å². The zero-order chi connectivity index (χ0) is 12.1. The van der Waals surface area contributed by atoms with Gasteiger partial charge in [0.25, 0.3) is 0 Å². The number of hydrogen-bond donors (Lipinski definition) is 0. The second-order valence-electron chi connectivity index (χ2n) is 3.88. The monoisotopic (exact) mass is 225 g/mol. The molecule has 0 N–H and O–H groups in total. The van der Waals surface area contributed by atoms with Crippen LogP contribution in [0.1, 0.15) is 18.4 Å². The molecule has 0 radical (unpaired) electrons. The summed E-state index contributed by atoms with van der Waals surface area (Å²) < 4.78 is 0. The summed E-state index contributed by atoms with van der Waals surface area (Å²) >= 11 is 0. The van der Waals surface area contributed by atoms with E-state index in [1.165, 1.54) is 0 Å². The molecular weight excluding hydrogens is 212 g/mol. The molecule has 0 saturated heterocycles. The van der Waals surface area contributed by atoms with E-state index in [4.69, 9.17) is 0 Å². The van der Waals surface area contributed by atoms with Crippen molar-refractivity contribution in [2.75, 3.05) is 0 Å². The number of carbonyl (C=O) groups excluding carboxylic acids is 1. The third kappa shape index (κ3) is 2.94. The molecule has 0 atom stereocenters. The maximum absolute atomic E-state index is 11.8. The number of benzene rings is 1. The highest BCUT2D eigenvalue weighted by molar-refractivity contribution is 6.09. The van der Waals surface area contributed by atoms with Crippen LogP contribution in [0.2, 0.25) is 0 Å². The second-order valence-corrected chi connectivity index (χ2v) is 3.88. The summed E-state index contributed by atoms with van der Waals surface area (Å²) in [6.45, 7) is 0. The van der Waals surface area contributed by atoms with Crippen LogP contribution < -0.4 is 5.11 Å². The molecule has 0 spiro atoms. The average molecular weight is 225 g/mol. The van der Waals surface area contributed by atoms with Crippen LogP contribution in [-0.2, 0) is 4.79 Å². The first-order valence-electron chi connectivity index (χ1n) is 5.62. The summed E-state index contributed by atoms with van der Waals surface area (Å²) in [6.07, 6.45) is 8.59. The Morgan fingerprint density at radius 1 is 1.18 bits per heavy atom. The Hall–Kier alpha value is -2.09. The van der Waals surface area contributed by atoms with E-state index in [2.05, 4.69) is 0 Å². The van der Waals surface area contributed by atoms with Crippen LogP contribution in [0.3, 0.4) is 0 Å². The van der Waals surface area contributed by atoms with E-state index in [1.54, 1.807) is 30.3 Å². The second kappa shape index (κ2) is 5.30. The minimum atomic E-state index is -0.240. The largest absolute Gasteiger partial charge is 0.872 e. The molecule has 17 heavy (non-hydrogen) atoms. The van der Waals surface area contributed by atoms with Crippen molar-refractivity contribution in [2.45, 2.75) is 12.8 Å². The highest BCUT2D eigenvalue weighted by Crippen LogP contribution is 2.13. The lowest BCUT2D eigenvalue weighted by Gasteiger charge is -2.12. The van der Waals surface area contributed by atoms with Gasteiger partial charge in [0.05, 0.1) is 0 Å². The molecule has 2 rings (SSSR count). The Balaban J connectivity index is 2.17. The molecule has 2 nitrogen and oxygen atoms in total. The van der Waals surface area contributed by atoms with Gasteiger partial charge in [-0.2, -0.15) is 0 Å². The fraction of sp³-hybridized carbons (Fsp3) is 0.133. The average Bonchev–Trinajstić information content (AvgIpc) is 2.40. The van der Waals surface area contributed by atoms with Gasteiger partial charge in [-0.3, -0.25) is 4.79 Å². The molecule has 1 aromatic carbocycles. The number of hydrogen-bond acceptors (Lipinski definition) is 2. The van der Waals surface area contributed by atoms with Crippen molar-refractivity contribution in [1.29, 1.82) is 0 Å². The van der Waals surface area contributed by atoms with Crippen molar-refractivity contribution in [3.8, 4) is 0 Å². The summed E-state index contributed by atoms with van der Waals surface area (Å²) in [7, 11) is 0. The quantitative estimate of drug-likeness (QED) is 0.584. The number of rotatable bonds is 3. The highest BCUT2D eigenvalue weighted by atomic mass is 16.3. The van der Waals surface area contributed by atoms with E-state index < -0.39 is 0 Å². The smallest absolute Gasteiger partial charge is 0.184 e. The molecule has 0 saturated carbocycles. The van der Waals surface area contributed by atoms with Crippen molar-refractivity contribution in [1.82, 2.24) is 0 Å². The van der Waals surface area contributed by atoms with Gasteiger partial charge < -0.3 is 5.11 Å². The van der Waals surface area contributed by atoms with Gasteiger partial charge in [0, 0.05) is 5.57 Å². The summed E-state index contributed by atoms with van der Waals surface area (Å²) in [5.74, 6) is -0.453. The third-order valence-corrected chi connectivity index (χ3v) is 2.60. The Morgan fingerprint density at radius 3 is 2.59 bits per heavy atom. The number of allylic oxidation sites excluding steroid dienone is 5. The van der Waals surface area contributed by atoms with Crippen LogP contribution in [0.5, 0.6) is 0 Å². The zero-order valence-electron chi connectivity index (χ0n) is 9.43. The first-order valence-corrected chi connectivity index (χ1v) is 5.62. The van der Waals surface area contributed by atoms with Gasteiger partial charge in [-0.15, -0.1) is 0 Å². The van der Waals surface area contributed by atoms with E-state index >= 15 is 0 Å². The van der Waals surface area contributed by atoms with Crippen molar-refractivity contribution in [3.05, 3.63) is 65.8 Å². The van der Waals surface area contributed by atoms with Gasteiger partial charge in [-0.05, 0) is 24.5 Å². The Morgan fingerprint density at radius 2 is 1.94 bits per heavy atom. The molecule has 0 unspecified atom stereocenters. The van der Waals surface area contributed by atoms with Gasteiger partial charge in [0.2, 0.25) is 0 Å². The summed E-state index contributed by atoms with van der Waals surface area (Å²) in [6, 6.07) is 8.82. The topological polar surface area (TPSA) is 40.1 Å². The lowest BCUT2D eigenvalue weighted by molar-refractivity contribution is -0.243. The molecule has 0 fully saturated rings. The molecule has 1 aliphatic rings. The molecule has 0 aromatic heterocycles. The first kappa shape index (κ1) is 11.4. The van der Waals surface area contributed by atoms with Crippen molar-refractivity contribution >= 4 is 11.5 Å². The van der Waals surface area contributed by atoms with Crippen LogP contribution >= 0.6 is 0 Å². The van der Waals surface area contributed by atoms with E-state index in [9.17, 15) is 9.90 Å². The Labute approximate surface area is 101 Å². The van der Waals surface area contributed by atoms with Crippen LogP contribution in [0.15, 0.2) is 60.2 Å². The number of ketones is 1. The van der Waals surface area contributed by atoms with E-state index in [1.807, 2.05) is 18.2 Å². The van der Waals surface area contributed by atoms with E-state index in [0.29, 0.717) is 11.1 Å². The van der Waals surface area contributed by atoms with Crippen LogP contribution in [0.25, 0.3) is 5.76 Å². The molecule has 0 bridgehead atoms. The molecule has 2 heteroatoms. The maximum atomic E-state index is 11.8. The Bertz CT molecular complexity index is 493. The minimum Gasteiger partial charge on any atom is -0.872 e. The lowest BCUT2D eigenvalue weighted by atomic mass is 10.0. The van der Waals surface area contributed by atoms with Gasteiger partial charge in [0.15, 0.2) is 5.78 Å². The molecule has 0 amide bonds. The SMILES string of the molecule is O=C(/C=C(\[O-])c1ccccc1)C1=CCCC=C1. The molecule has 0 heterocycles. The maximum Gasteiger partial charge on any atom is 0.184 e. The fourth-order valence-electron chi connectivity index (χ4n) is 1.68. The van der Waals surface area contributed by atoms with Crippen LogP contribution in [-0.4, -0.2) is 5.78 Å². The van der Waals surface area contributed by atoms with Crippen molar-refractivity contribution in [2.24, 2.45) is 0 Å². The minimum absolute atomic E-state index is 0.213.